The van der Waals surface area contributed by atoms with Crippen LogP contribution in [0.3, 0.4) is 0 Å². The van der Waals surface area contributed by atoms with E-state index in [4.69, 9.17) is 4.74 Å². The van der Waals surface area contributed by atoms with Crippen molar-refractivity contribution in [3.05, 3.63) is 40.9 Å². The molecule has 1 saturated heterocycles. The van der Waals surface area contributed by atoms with Crippen molar-refractivity contribution in [3.8, 4) is 10.6 Å². The molecule has 0 bridgehead atoms. The van der Waals surface area contributed by atoms with Crippen LogP contribution < -0.4 is 0 Å². The molecule has 2 aromatic rings. The minimum atomic E-state index is 0.0134. The van der Waals surface area contributed by atoms with Gasteiger partial charge in [-0.3, -0.25) is 4.79 Å². The molecule has 1 amide bonds. The van der Waals surface area contributed by atoms with Crippen molar-refractivity contribution in [2.75, 3.05) is 19.7 Å². The highest BCUT2D eigenvalue weighted by atomic mass is 32.1. The molecule has 1 fully saturated rings. The molecule has 4 nitrogen and oxygen atoms in total. The van der Waals surface area contributed by atoms with E-state index >= 15 is 0 Å². The lowest BCUT2D eigenvalue weighted by Gasteiger charge is -2.32. The minimum Gasteiger partial charge on any atom is -0.375 e. The van der Waals surface area contributed by atoms with Gasteiger partial charge in [-0.25, -0.2) is 4.98 Å². The molecule has 0 spiro atoms. The van der Waals surface area contributed by atoms with Gasteiger partial charge in [0.05, 0.1) is 12.7 Å². The molecule has 122 valence electrons. The Kier molecular flexibility index (Phi) is 5.08. The summed E-state index contributed by atoms with van der Waals surface area (Å²) in [6.07, 6.45) is 2.10. The number of rotatable bonds is 4. The largest absolute Gasteiger partial charge is 0.375 e. The number of nitrogens with zero attached hydrogens (tertiary/aromatic N) is 2. The summed E-state index contributed by atoms with van der Waals surface area (Å²) in [5, 5.41) is 2.76. The zero-order valence-corrected chi connectivity index (χ0v) is 14.4. The third-order valence-corrected chi connectivity index (χ3v) is 5.11. The van der Waals surface area contributed by atoms with Gasteiger partial charge in [0.1, 0.15) is 10.7 Å². The summed E-state index contributed by atoms with van der Waals surface area (Å²) in [6.45, 7) is 6.14. The summed E-state index contributed by atoms with van der Waals surface area (Å²) in [4.78, 5) is 19.0. The van der Waals surface area contributed by atoms with Crippen LogP contribution in [0, 0.1) is 0 Å². The maximum atomic E-state index is 12.6. The van der Waals surface area contributed by atoms with Crippen LogP contribution >= 0.6 is 11.3 Å². The van der Waals surface area contributed by atoms with E-state index in [0.29, 0.717) is 25.4 Å². The van der Waals surface area contributed by atoms with E-state index < -0.39 is 0 Å². The van der Waals surface area contributed by atoms with Crippen LogP contribution in [0.5, 0.6) is 0 Å². The molecule has 0 saturated carbocycles. The van der Waals surface area contributed by atoms with Gasteiger partial charge in [-0.15, -0.1) is 11.3 Å². The standard InChI is InChI=1S/C18H22N2O2S/c1-3-13-5-7-14(8-6-13)17-19-16(12-23-17)18(21)20-9-10-22-15(4-2)11-20/h5-8,12,15H,3-4,9-11H2,1-2H3. The van der Waals surface area contributed by atoms with Crippen molar-refractivity contribution in [1.82, 2.24) is 9.88 Å². The van der Waals surface area contributed by atoms with E-state index in [1.165, 1.54) is 16.9 Å². The molecular formula is C18H22N2O2S. The first-order chi connectivity index (χ1) is 11.2. The molecule has 3 rings (SSSR count). The first-order valence-electron chi connectivity index (χ1n) is 8.17. The summed E-state index contributed by atoms with van der Waals surface area (Å²) in [5.74, 6) is 0.0134. The van der Waals surface area contributed by atoms with E-state index in [9.17, 15) is 4.79 Å². The molecule has 1 aliphatic rings. The SMILES string of the molecule is CCc1ccc(-c2nc(C(=O)N3CCOC(CC)C3)cs2)cc1. The van der Waals surface area contributed by atoms with Gasteiger partial charge in [0.25, 0.3) is 5.91 Å². The smallest absolute Gasteiger partial charge is 0.273 e. The normalized spacial score (nSPS) is 18.2. The monoisotopic (exact) mass is 330 g/mol. The van der Waals surface area contributed by atoms with Gasteiger partial charge in [0.15, 0.2) is 0 Å². The number of ether oxygens (including phenoxy) is 1. The molecule has 0 aliphatic carbocycles. The molecule has 0 N–H and O–H groups in total. The van der Waals surface area contributed by atoms with Gasteiger partial charge in [-0.2, -0.15) is 0 Å². The first-order valence-corrected chi connectivity index (χ1v) is 9.05. The molecule has 5 heteroatoms. The number of aryl methyl sites for hydroxylation is 1. The molecule has 1 atom stereocenters. The number of thiazole rings is 1. The van der Waals surface area contributed by atoms with Crippen LogP contribution in [0.2, 0.25) is 0 Å². The van der Waals surface area contributed by atoms with Gasteiger partial charge in [-0.1, -0.05) is 38.1 Å². The van der Waals surface area contributed by atoms with E-state index in [1.807, 2.05) is 10.3 Å². The molecule has 23 heavy (non-hydrogen) atoms. The van der Waals surface area contributed by atoms with Crippen molar-refractivity contribution in [1.29, 1.82) is 0 Å². The fourth-order valence-electron chi connectivity index (χ4n) is 2.70. The van der Waals surface area contributed by atoms with Crippen molar-refractivity contribution >= 4 is 17.2 Å². The zero-order valence-electron chi connectivity index (χ0n) is 13.6. The Morgan fingerprint density at radius 3 is 2.83 bits per heavy atom. The first kappa shape index (κ1) is 16.1. The third kappa shape index (κ3) is 3.62. The highest BCUT2D eigenvalue weighted by Gasteiger charge is 2.25. The second kappa shape index (κ2) is 7.23. The maximum absolute atomic E-state index is 12.6. The second-order valence-corrected chi connectivity index (χ2v) is 6.60. The highest BCUT2D eigenvalue weighted by Crippen LogP contribution is 2.25. The fraction of sp³-hybridized carbons (Fsp3) is 0.444. The molecular weight excluding hydrogens is 308 g/mol. The summed E-state index contributed by atoms with van der Waals surface area (Å²) < 4.78 is 5.63. The maximum Gasteiger partial charge on any atom is 0.273 e. The molecule has 1 aliphatic heterocycles. The Morgan fingerprint density at radius 1 is 1.35 bits per heavy atom. The van der Waals surface area contributed by atoms with Gasteiger partial charge >= 0.3 is 0 Å². The lowest BCUT2D eigenvalue weighted by atomic mass is 10.1. The predicted molar refractivity (Wildman–Crippen MR) is 92.9 cm³/mol. The Balaban J connectivity index is 1.74. The average molecular weight is 330 g/mol. The number of carbonyl (C=O) groups excluding carboxylic acids is 1. The van der Waals surface area contributed by atoms with Crippen molar-refractivity contribution < 1.29 is 9.53 Å². The summed E-state index contributed by atoms with van der Waals surface area (Å²) in [5.41, 5.74) is 2.92. The molecule has 1 unspecified atom stereocenters. The summed E-state index contributed by atoms with van der Waals surface area (Å²) in [7, 11) is 0. The van der Waals surface area contributed by atoms with Crippen LogP contribution in [0.1, 0.15) is 36.3 Å². The van der Waals surface area contributed by atoms with Crippen LogP contribution in [-0.2, 0) is 11.2 Å². The van der Waals surface area contributed by atoms with E-state index in [-0.39, 0.29) is 12.0 Å². The number of morpholine rings is 1. The Bertz CT molecular complexity index is 666. The fourth-order valence-corrected chi connectivity index (χ4v) is 3.50. The van der Waals surface area contributed by atoms with Gasteiger partial charge in [0.2, 0.25) is 0 Å². The molecule has 1 aromatic heterocycles. The van der Waals surface area contributed by atoms with Crippen LogP contribution in [0.4, 0.5) is 0 Å². The summed E-state index contributed by atoms with van der Waals surface area (Å²) in [6, 6.07) is 8.39. The molecule has 0 radical (unpaired) electrons. The Morgan fingerprint density at radius 2 is 2.13 bits per heavy atom. The highest BCUT2D eigenvalue weighted by molar-refractivity contribution is 7.13. The van der Waals surface area contributed by atoms with Crippen molar-refractivity contribution in [2.45, 2.75) is 32.8 Å². The van der Waals surface area contributed by atoms with Crippen LogP contribution in [-0.4, -0.2) is 41.6 Å². The van der Waals surface area contributed by atoms with Crippen molar-refractivity contribution in [2.24, 2.45) is 0 Å². The third-order valence-electron chi connectivity index (χ3n) is 4.21. The minimum absolute atomic E-state index is 0.0134. The molecule has 2 heterocycles. The van der Waals surface area contributed by atoms with Gasteiger partial charge in [0, 0.05) is 24.0 Å². The number of hydrogen-bond acceptors (Lipinski definition) is 4. The Hall–Kier alpha value is -1.72. The van der Waals surface area contributed by atoms with Crippen molar-refractivity contribution in [3.63, 3.8) is 0 Å². The topological polar surface area (TPSA) is 42.4 Å². The van der Waals surface area contributed by atoms with Gasteiger partial charge in [-0.05, 0) is 18.4 Å². The number of carbonyl (C=O) groups is 1. The van der Waals surface area contributed by atoms with Crippen LogP contribution in [0.15, 0.2) is 29.6 Å². The lowest BCUT2D eigenvalue weighted by Crippen LogP contribution is -2.45. The van der Waals surface area contributed by atoms with E-state index in [1.54, 1.807) is 0 Å². The Labute approximate surface area is 141 Å². The quantitative estimate of drug-likeness (QED) is 0.860. The second-order valence-electron chi connectivity index (χ2n) is 5.74. The zero-order chi connectivity index (χ0) is 16.2. The summed E-state index contributed by atoms with van der Waals surface area (Å²) >= 11 is 1.53. The van der Waals surface area contributed by atoms with Gasteiger partial charge < -0.3 is 9.64 Å². The average Bonchev–Trinajstić information content (AvgIpc) is 3.11. The van der Waals surface area contributed by atoms with E-state index in [0.717, 1.165) is 23.4 Å². The van der Waals surface area contributed by atoms with Crippen LogP contribution in [0.25, 0.3) is 10.6 Å². The number of amides is 1. The number of aromatic nitrogens is 1. The van der Waals surface area contributed by atoms with E-state index in [2.05, 4.69) is 43.1 Å². The molecule has 1 aromatic carbocycles. The number of hydrogen-bond donors (Lipinski definition) is 0. The predicted octanol–water partition coefficient (Wildman–Crippen LogP) is 3.62. The lowest BCUT2D eigenvalue weighted by molar-refractivity contribution is -0.0227. The number of benzene rings is 1.